The second-order valence-corrected chi connectivity index (χ2v) is 5.25. The van der Waals surface area contributed by atoms with Crippen LogP contribution in [-0.2, 0) is 0 Å². The molecule has 0 bridgehead atoms. The van der Waals surface area contributed by atoms with Gasteiger partial charge in [0, 0.05) is 4.90 Å². The van der Waals surface area contributed by atoms with Crippen molar-refractivity contribution in [3.05, 3.63) is 47.5 Å². The highest BCUT2D eigenvalue weighted by molar-refractivity contribution is 7.99. The van der Waals surface area contributed by atoms with Gasteiger partial charge in [-0.25, -0.2) is 9.78 Å². The van der Waals surface area contributed by atoms with Gasteiger partial charge in [-0.05, 0) is 38.1 Å². The Kier molecular flexibility index (Phi) is 4.63. The van der Waals surface area contributed by atoms with Gasteiger partial charge in [0.2, 0.25) is 5.88 Å². The zero-order valence-corrected chi connectivity index (χ0v) is 12.1. The molecule has 0 aliphatic rings. The van der Waals surface area contributed by atoms with E-state index in [1.807, 2.05) is 31.2 Å². The van der Waals surface area contributed by atoms with Gasteiger partial charge in [-0.1, -0.05) is 29.5 Å². The largest absolute Gasteiger partial charge is 0.477 e. The average Bonchev–Trinajstić information content (AvgIpc) is 2.42. The molecule has 2 aromatic rings. The van der Waals surface area contributed by atoms with E-state index in [0.29, 0.717) is 11.6 Å². The highest BCUT2D eigenvalue weighted by Crippen LogP contribution is 2.29. The third-order valence-corrected chi connectivity index (χ3v) is 3.53. The van der Waals surface area contributed by atoms with Crippen LogP contribution in [0.1, 0.15) is 22.8 Å². The number of carboxylic acid groups (broad SMARTS) is 1. The summed E-state index contributed by atoms with van der Waals surface area (Å²) >= 11 is 1.47. The van der Waals surface area contributed by atoms with Gasteiger partial charge in [0.1, 0.15) is 10.6 Å². The summed E-state index contributed by atoms with van der Waals surface area (Å²) in [6, 6.07) is 11.3. The molecular weight excluding hydrogens is 274 g/mol. The zero-order chi connectivity index (χ0) is 14.5. The van der Waals surface area contributed by atoms with E-state index >= 15 is 0 Å². The van der Waals surface area contributed by atoms with Gasteiger partial charge >= 0.3 is 5.97 Å². The topological polar surface area (TPSA) is 59.4 Å². The van der Waals surface area contributed by atoms with E-state index < -0.39 is 5.97 Å². The van der Waals surface area contributed by atoms with Gasteiger partial charge in [-0.3, -0.25) is 0 Å². The lowest BCUT2D eigenvalue weighted by Gasteiger charge is -2.08. The fraction of sp³-hybridized carbons (Fsp3) is 0.200. The van der Waals surface area contributed by atoms with E-state index in [0.717, 1.165) is 4.90 Å². The molecule has 0 spiro atoms. The first kappa shape index (κ1) is 14.4. The van der Waals surface area contributed by atoms with Crippen molar-refractivity contribution in [1.82, 2.24) is 4.98 Å². The summed E-state index contributed by atoms with van der Waals surface area (Å²) in [4.78, 5) is 16.4. The molecule has 20 heavy (non-hydrogen) atoms. The maximum atomic E-state index is 11.1. The molecule has 1 N–H and O–H groups in total. The fourth-order valence-corrected chi connectivity index (χ4v) is 2.40. The Balaban J connectivity index is 2.26. The minimum absolute atomic E-state index is 0.0834. The first-order valence-electron chi connectivity index (χ1n) is 6.22. The Labute approximate surface area is 121 Å². The second kappa shape index (κ2) is 6.43. The van der Waals surface area contributed by atoms with E-state index in [-0.39, 0.29) is 11.4 Å². The van der Waals surface area contributed by atoms with Crippen LogP contribution in [0, 0.1) is 6.92 Å². The quantitative estimate of drug-likeness (QED) is 0.910. The van der Waals surface area contributed by atoms with E-state index in [1.165, 1.54) is 23.4 Å². The maximum absolute atomic E-state index is 11.1. The molecule has 4 nitrogen and oxygen atoms in total. The molecule has 0 unspecified atom stereocenters. The van der Waals surface area contributed by atoms with Crippen molar-refractivity contribution in [2.75, 3.05) is 6.61 Å². The number of carboxylic acids is 1. The molecule has 1 aromatic carbocycles. The van der Waals surface area contributed by atoms with Crippen molar-refractivity contribution in [3.63, 3.8) is 0 Å². The van der Waals surface area contributed by atoms with E-state index in [9.17, 15) is 4.79 Å². The lowest BCUT2D eigenvalue weighted by molar-refractivity contribution is 0.0691. The van der Waals surface area contributed by atoms with Gasteiger partial charge in [0.05, 0.1) is 6.61 Å². The smallest absolute Gasteiger partial charge is 0.341 e. The lowest BCUT2D eigenvalue weighted by Crippen LogP contribution is -2.05. The summed E-state index contributed by atoms with van der Waals surface area (Å²) in [7, 11) is 0. The summed E-state index contributed by atoms with van der Waals surface area (Å²) in [5.74, 6) is -0.870. The average molecular weight is 289 g/mol. The number of aromatic nitrogens is 1. The summed E-state index contributed by atoms with van der Waals surface area (Å²) in [5.41, 5.74) is 1.28. The predicted molar refractivity (Wildman–Crippen MR) is 77.7 cm³/mol. The van der Waals surface area contributed by atoms with Gasteiger partial charge < -0.3 is 9.84 Å². The molecule has 5 heteroatoms. The van der Waals surface area contributed by atoms with E-state index in [2.05, 4.69) is 4.98 Å². The van der Waals surface area contributed by atoms with Crippen molar-refractivity contribution in [1.29, 1.82) is 0 Å². The summed E-state index contributed by atoms with van der Waals surface area (Å²) in [6.07, 6.45) is 0. The van der Waals surface area contributed by atoms with Gasteiger partial charge in [-0.2, -0.15) is 0 Å². The Morgan fingerprint density at radius 2 is 1.95 bits per heavy atom. The minimum atomic E-state index is -1.03. The van der Waals surface area contributed by atoms with Crippen LogP contribution in [0.5, 0.6) is 5.88 Å². The Bertz CT molecular complexity index is 611. The molecule has 0 aliphatic heterocycles. The molecular formula is C15H15NO3S. The number of aryl methyl sites for hydroxylation is 1. The molecule has 1 heterocycles. The normalized spacial score (nSPS) is 10.3. The maximum Gasteiger partial charge on any atom is 0.341 e. The van der Waals surface area contributed by atoms with Crippen molar-refractivity contribution in [2.45, 2.75) is 23.8 Å². The van der Waals surface area contributed by atoms with E-state index in [1.54, 1.807) is 13.0 Å². The first-order valence-corrected chi connectivity index (χ1v) is 7.03. The number of benzene rings is 1. The SMILES string of the molecule is CCOc1nc(Sc2ccc(C)cc2)ccc1C(=O)O. The molecule has 0 atom stereocenters. The standard InChI is InChI=1S/C15H15NO3S/c1-3-19-14-12(15(17)18)8-9-13(16-14)20-11-6-4-10(2)5-7-11/h4-9H,3H2,1-2H3,(H,17,18). The minimum Gasteiger partial charge on any atom is -0.477 e. The lowest BCUT2D eigenvalue weighted by atomic mass is 10.2. The zero-order valence-electron chi connectivity index (χ0n) is 11.3. The molecule has 0 saturated carbocycles. The number of hydrogen-bond donors (Lipinski definition) is 1. The van der Waals surface area contributed by atoms with Crippen molar-refractivity contribution >= 4 is 17.7 Å². The molecule has 2 rings (SSSR count). The number of carbonyl (C=O) groups is 1. The number of ether oxygens (including phenoxy) is 1. The molecule has 0 saturated heterocycles. The van der Waals surface area contributed by atoms with Crippen LogP contribution in [0.4, 0.5) is 0 Å². The van der Waals surface area contributed by atoms with Crippen LogP contribution < -0.4 is 4.74 Å². The Hall–Kier alpha value is -2.01. The monoisotopic (exact) mass is 289 g/mol. The number of nitrogens with zero attached hydrogens (tertiary/aromatic N) is 1. The number of rotatable bonds is 5. The Morgan fingerprint density at radius 3 is 2.55 bits per heavy atom. The van der Waals surface area contributed by atoms with Gasteiger partial charge in [0.15, 0.2) is 0 Å². The first-order chi connectivity index (χ1) is 9.60. The molecule has 0 fully saturated rings. The summed E-state index contributed by atoms with van der Waals surface area (Å²) in [6.45, 7) is 4.21. The Morgan fingerprint density at radius 1 is 1.25 bits per heavy atom. The molecule has 0 aliphatic carbocycles. The van der Waals surface area contributed by atoms with Crippen molar-refractivity contribution in [3.8, 4) is 5.88 Å². The van der Waals surface area contributed by atoms with Gasteiger partial charge in [0.25, 0.3) is 0 Å². The molecule has 104 valence electrons. The summed E-state index contributed by atoms with van der Waals surface area (Å²) in [5, 5.41) is 9.79. The number of hydrogen-bond acceptors (Lipinski definition) is 4. The van der Waals surface area contributed by atoms with Crippen molar-refractivity contribution in [2.24, 2.45) is 0 Å². The van der Waals surface area contributed by atoms with Crippen LogP contribution in [0.3, 0.4) is 0 Å². The number of pyridine rings is 1. The predicted octanol–water partition coefficient (Wildman–Crippen LogP) is 3.64. The molecule has 0 radical (unpaired) electrons. The van der Waals surface area contributed by atoms with Crippen LogP contribution >= 0.6 is 11.8 Å². The second-order valence-electron chi connectivity index (χ2n) is 4.16. The molecule has 1 aromatic heterocycles. The third kappa shape index (κ3) is 3.51. The van der Waals surface area contributed by atoms with Crippen LogP contribution in [0.15, 0.2) is 46.3 Å². The van der Waals surface area contributed by atoms with Crippen molar-refractivity contribution < 1.29 is 14.6 Å². The highest BCUT2D eigenvalue weighted by Gasteiger charge is 2.14. The highest BCUT2D eigenvalue weighted by atomic mass is 32.2. The van der Waals surface area contributed by atoms with E-state index in [4.69, 9.17) is 9.84 Å². The van der Waals surface area contributed by atoms with Gasteiger partial charge in [-0.15, -0.1) is 0 Å². The summed E-state index contributed by atoms with van der Waals surface area (Å²) < 4.78 is 5.29. The van der Waals surface area contributed by atoms with Crippen LogP contribution in [0.2, 0.25) is 0 Å². The van der Waals surface area contributed by atoms with Crippen LogP contribution in [-0.4, -0.2) is 22.7 Å². The fourth-order valence-electron chi connectivity index (χ4n) is 1.62. The molecule has 0 amide bonds. The van der Waals surface area contributed by atoms with Crippen LogP contribution in [0.25, 0.3) is 0 Å². The third-order valence-electron chi connectivity index (χ3n) is 2.59. The number of aromatic carboxylic acids is 1.